The van der Waals surface area contributed by atoms with E-state index in [9.17, 15) is 9.59 Å². The lowest BCUT2D eigenvalue weighted by Crippen LogP contribution is -2.23. The van der Waals surface area contributed by atoms with Gasteiger partial charge in [-0.25, -0.2) is 0 Å². The van der Waals surface area contributed by atoms with Crippen molar-refractivity contribution in [1.29, 1.82) is 0 Å². The molecule has 0 aliphatic heterocycles. The minimum Gasteiger partial charge on any atom is -0.492 e. The fourth-order valence-electron chi connectivity index (χ4n) is 1.64. The normalized spacial score (nSPS) is 17.6. The number of hydrogen-bond donors (Lipinski definition) is 1. The summed E-state index contributed by atoms with van der Waals surface area (Å²) in [5.41, 5.74) is 1.08. The number of carbonyl (C=O) groups excluding carboxylic acids is 2. The minimum absolute atomic E-state index is 0.110. The van der Waals surface area contributed by atoms with E-state index in [0.717, 1.165) is 0 Å². The van der Waals surface area contributed by atoms with E-state index in [1.165, 1.54) is 7.11 Å². The Morgan fingerprint density at radius 2 is 1.73 bits per heavy atom. The quantitative estimate of drug-likeness (QED) is 0.698. The SMILES string of the molecule is COC1=C(C)C(=O)C(CCO)=C(C)C1=O. The Hall–Kier alpha value is -1.42. The summed E-state index contributed by atoms with van der Waals surface area (Å²) in [6.07, 6.45) is 0.213. The molecule has 15 heavy (non-hydrogen) atoms. The van der Waals surface area contributed by atoms with Gasteiger partial charge in [0.05, 0.1) is 7.11 Å². The third-order valence-electron chi connectivity index (χ3n) is 2.52. The van der Waals surface area contributed by atoms with Gasteiger partial charge in [-0.2, -0.15) is 0 Å². The Bertz CT molecular complexity index is 374. The Morgan fingerprint density at radius 3 is 2.20 bits per heavy atom. The van der Waals surface area contributed by atoms with Crippen molar-refractivity contribution >= 4 is 11.6 Å². The van der Waals surface area contributed by atoms with Crippen LogP contribution in [0.15, 0.2) is 22.5 Å². The molecule has 0 spiro atoms. The van der Waals surface area contributed by atoms with E-state index in [-0.39, 0.29) is 30.4 Å². The van der Waals surface area contributed by atoms with Crippen LogP contribution < -0.4 is 0 Å². The van der Waals surface area contributed by atoms with E-state index in [2.05, 4.69) is 0 Å². The number of ketones is 2. The van der Waals surface area contributed by atoms with Crippen LogP contribution in [0.2, 0.25) is 0 Å². The third kappa shape index (κ3) is 1.85. The summed E-state index contributed by atoms with van der Waals surface area (Å²) >= 11 is 0. The van der Waals surface area contributed by atoms with Crippen molar-refractivity contribution in [2.75, 3.05) is 13.7 Å². The molecule has 0 saturated heterocycles. The molecule has 0 bridgehead atoms. The summed E-state index contributed by atoms with van der Waals surface area (Å²) in [5, 5.41) is 8.80. The number of allylic oxidation sites excluding steroid dienone is 2. The van der Waals surface area contributed by atoms with Gasteiger partial charge < -0.3 is 9.84 Å². The number of Topliss-reactive ketones (excluding diaryl/α,β-unsaturated/α-hetero) is 2. The zero-order chi connectivity index (χ0) is 11.6. The molecular weight excluding hydrogens is 196 g/mol. The van der Waals surface area contributed by atoms with Crippen LogP contribution in [-0.4, -0.2) is 30.4 Å². The lowest BCUT2D eigenvalue weighted by molar-refractivity contribution is -0.118. The maximum absolute atomic E-state index is 11.8. The molecule has 0 radical (unpaired) electrons. The van der Waals surface area contributed by atoms with Gasteiger partial charge in [0, 0.05) is 23.3 Å². The highest BCUT2D eigenvalue weighted by Gasteiger charge is 2.30. The standard InChI is InChI=1S/C11H14O4/c1-6-8(4-5-12)9(13)7(2)11(15-3)10(6)14/h12H,4-5H2,1-3H3. The van der Waals surface area contributed by atoms with E-state index in [0.29, 0.717) is 16.7 Å². The highest BCUT2D eigenvalue weighted by Crippen LogP contribution is 2.26. The molecule has 0 aromatic rings. The van der Waals surface area contributed by atoms with E-state index >= 15 is 0 Å². The van der Waals surface area contributed by atoms with Gasteiger partial charge in [-0.1, -0.05) is 0 Å². The first-order chi connectivity index (χ1) is 7.04. The zero-order valence-corrected chi connectivity index (χ0v) is 9.09. The van der Waals surface area contributed by atoms with Crippen LogP contribution in [0.1, 0.15) is 20.3 Å². The first kappa shape index (κ1) is 11.7. The van der Waals surface area contributed by atoms with Crippen LogP contribution in [0.25, 0.3) is 0 Å². The second-order valence-corrected chi connectivity index (χ2v) is 3.39. The fourth-order valence-corrected chi connectivity index (χ4v) is 1.64. The fraction of sp³-hybridized carbons (Fsp3) is 0.455. The summed E-state index contributed by atoms with van der Waals surface area (Å²) in [4.78, 5) is 23.5. The van der Waals surface area contributed by atoms with Gasteiger partial charge >= 0.3 is 0 Å². The predicted molar refractivity (Wildman–Crippen MR) is 54.1 cm³/mol. The number of hydrogen-bond acceptors (Lipinski definition) is 4. The first-order valence-electron chi connectivity index (χ1n) is 4.69. The monoisotopic (exact) mass is 210 g/mol. The van der Waals surface area contributed by atoms with Crippen LogP contribution >= 0.6 is 0 Å². The highest BCUT2D eigenvalue weighted by atomic mass is 16.5. The number of rotatable bonds is 3. The number of aliphatic hydroxyl groups excluding tert-OH is 1. The Balaban J connectivity index is 3.20. The summed E-state index contributed by atoms with van der Waals surface area (Å²) < 4.78 is 4.90. The van der Waals surface area contributed by atoms with Crippen molar-refractivity contribution in [1.82, 2.24) is 0 Å². The maximum atomic E-state index is 11.8. The van der Waals surface area contributed by atoms with Crippen LogP contribution in [0, 0.1) is 0 Å². The average Bonchev–Trinajstić information content (AvgIpc) is 2.23. The van der Waals surface area contributed by atoms with Crippen LogP contribution in [0.5, 0.6) is 0 Å². The number of aliphatic hydroxyl groups is 1. The predicted octanol–water partition coefficient (Wildman–Crippen LogP) is 0.757. The lowest BCUT2D eigenvalue weighted by atomic mass is 9.88. The van der Waals surface area contributed by atoms with Crippen molar-refractivity contribution in [3.8, 4) is 0 Å². The van der Waals surface area contributed by atoms with E-state index in [1.54, 1.807) is 13.8 Å². The van der Waals surface area contributed by atoms with Gasteiger partial charge in [0.25, 0.3) is 0 Å². The zero-order valence-electron chi connectivity index (χ0n) is 9.09. The van der Waals surface area contributed by atoms with Gasteiger partial charge in [-0.15, -0.1) is 0 Å². The average molecular weight is 210 g/mol. The van der Waals surface area contributed by atoms with Crippen molar-refractivity contribution in [3.63, 3.8) is 0 Å². The summed E-state index contributed by atoms with van der Waals surface area (Å²) in [7, 11) is 1.37. The molecule has 0 unspecified atom stereocenters. The third-order valence-corrected chi connectivity index (χ3v) is 2.52. The Kier molecular flexibility index (Phi) is 3.42. The van der Waals surface area contributed by atoms with Crippen LogP contribution in [0.3, 0.4) is 0 Å². The van der Waals surface area contributed by atoms with Gasteiger partial charge in [0.1, 0.15) is 0 Å². The molecule has 1 N–H and O–H groups in total. The molecule has 1 aliphatic rings. The number of carbonyl (C=O) groups is 2. The molecule has 0 aromatic heterocycles. The highest BCUT2D eigenvalue weighted by molar-refractivity contribution is 6.23. The van der Waals surface area contributed by atoms with E-state index in [4.69, 9.17) is 9.84 Å². The molecule has 0 atom stereocenters. The second-order valence-electron chi connectivity index (χ2n) is 3.39. The summed E-state index contributed by atoms with van der Waals surface area (Å²) in [6, 6.07) is 0. The van der Waals surface area contributed by atoms with E-state index < -0.39 is 0 Å². The summed E-state index contributed by atoms with van der Waals surface area (Å²) in [6.45, 7) is 3.00. The van der Waals surface area contributed by atoms with Crippen molar-refractivity contribution < 1.29 is 19.4 Å². The van der Waals surface area contributed by atoms with Crippen molar-refractivity contribution in [3.05, 3.63) is 22.5 Å². The van der Waals surface area contributed by atoms with Crippen LogP contribution in [0.4, 0.5) is 0 Å². The molecule has 1 rings (SSSR count). The largest absolute Gasteiger partial charge is 0.492 e. The maximum Gasteiger partial charge on any atom is 0.224 e. The molecule has 0 saturated carbocycles. The molecule has 0 heterocycles. The van der Waals surface area contributed by atoms with E-state index in [1.807, 2.05) is 0 Å². The smallest absolute Gasteiger partial charge is 0.224 e. The molecule has 1 aliphatic carbocycles. The Morgan fingerprint density at radius 1 is 1.13 bits per heavy atom. The van der Waals surface area contributed by atoms with Crippen molar-refractivity contribution in [2.24, 2.45) is 0 Å². The molecule has 4 heteroatoms. The molecule has 0 amide bonds. The molecule has 0 fully saturated rings. The Labute approximate surface area is 88.2 Å². The lowest BCUT2D eigenvalue weighted by Gasteiger charge is -2.18. The van der Waals surface area contributed by atoms with Gasteiger partial charge in [-0.3, -0.25) is 9.59 Å². The van der Waals surface area contributed by atoms with Gasteiger partial charge in [0.2, 0.25) is 5.78 Å². The summed E-state index contributed by atoms with van der Waals surface area (Å²) in [5.74, 6) is -0.366. The number of ether oxygens (including phenoxy) is 1. The first-order valence-corrected chi connectivity index (χ1v) is 4.69. The van der Waals surface area contributed by atoms with Gasteiger partial charge in [0.15, 0.2) is 11.5 Å². The topological polar surface area (TPSA) is 63.6 Å². The second kappa shape index (κ2) is 4.40. The number of methoxy groups -OCH3 is 1. The molecule has 0 aromatic carbocycles. The van der Waals surface area contributed by atoms with Crippen molar-refractivity contribution in [2.45, 2.75) is 20.3 Å². The van der Waals surface area contributed by atoms with Crippen LogP contribution in [-0.2, 0) is 14.3 Å². The molecule has 4 nitrogen and oxygen atoms in total. The minimum atomic E-state index is -0.266. The van der Waals surface area contributed by atoms with Gasteiger partial charge in [-0.05, 0) is 20.3 Å². The molecule has 82 valence electrons. The molecular formula is C11H14O4.